The summed E-state index contributed by atoms with van der Waals surface area (Å²) in [5.41, 5.74) is 6.34. The first-order chi connectivity index (χ1) is 8.95. The summed E-state index contributed by atoms with van der Waals surface area (Å²) >= 11 is 0. The summed E-state index contributed by atoms with van der Waals surface area (Å²) < 4.78 is 27.1. The van der Waals surface area contributed by atoms with Crippen LogP contribution in [0, 0.1) is 11.8 Å². The Balaban J connectivity index is 2.36. The van der Waals surface area contributed by atoms with E-state index >= 15 is 0 Å². The minimum absolute atomic E-state index is 0.244. The summed E-state index contributed by atoms with van der Waals surface area (Å²) in [4.78, 5) is 0.360. The van der Waals surface area contributed by atoms with E-state index in [2.05, 4.69) is 13.8 Å². The van der Waals surface area contributed by atoms with Gasteiger partial charge in [0.05, 0.1) is 4.90 Å². The van der Waals surface area contributed by atoms with Gasteiger partial charge in [-0.1, -0.05) is 32.0 Å². The number of nitrogens with two attached hydrogens (primary N) is 1. The van der Waals surface area contributed by atoms with Crippen molar-refractivity contribution in [3.05, 3.63) is 29.8 Å². The van der Waals surface area contributed by atoms with E-state index in [1.54, 1.807) is 22.5 Å². The first-order valence-corrected chi connectivity index (χ1v) is 8.17. The molecule has 106 valence electrons. The molecule has 19 heavy (non-hydrogen) atoms. The maximum Gasteiger partial charge on any atom is 0.243 e. The zero-order valence-corrected chi connectivity index (χ0v) is 12.4. The molecule has 2 rings (SSSR count). The Hall–Kier alpha value is -0.910. The van der Waals surface area contributed by atoms with Crippen molar-refractivity contribution in [3.63, 3.8) is 0 Å². The third-order valence-electron chi connectivity index (χ3n) is 3.65. The van der Waals surface area contributed by atoms with E-state index in [4.69, 9.17) is 5.73 Å². The first kappa shape index (κ1) is 14.5. The van der Waals surface area contributed by atoms with Crippen molar-refractivity contribution in [1.82, 2.24) is 4.31 Å². The maximum atomic E-state index is 12.7. The van der Waals surface area contributed by atoms with Gasteiger partial charge < -0.3 is 5.73 Å². The Labute approximate surface area is 115 Å². The van der Waals surface area contributed by atoms with Crippen LogP contribution in [-0.2, 0) is 16.6 Å². The molecule has 1 fully saturated rings. The van der Waals surface area contributed by atoms with Crippen molar-refractivity contribution in [2.75, 3.05) is 13.1 Å². The van der Waals surface area contributed by atoms with Crippen LogP contribution in [0.5, 0.6) is 0 Å². The third kappa shape index (κ3) is 2.99. The minimum Gasteiger partial charge on any atom is -0.326 e. The summed E-state index contributed by atoms with van der Waals surface area (Å²) in [6.07, 6.45) is 1.09. The molecule has 0 aliphatic carbocycles. The molecule has 1 aromatic carbocycles. The van der Waals surface area contributed by atoms with Gasteiger partial charge in [0.15, 0.2) is 0 Å². The molecule has 1 aliphatic heterocycles. The maximum absolute atomic E-state index is 12.7. The lowest BCUT2D eigenvalue weighted by Gasteiger charge is -2.34. The van der Waals surface area contributed by atoms with Crippen molar-refractivity contribution in [2.24, 2.45) is 17.6 Å². The van der Waals surface area contributed by atoms with E-state index in [-0.39, 0.29) is 6.54 Å². The fraction of sp³-hybridized carbons (Fsp3) is 0.571. The van der Waals surface area contributed by atoms with Gasteiger partial charge in [-0.05, 0) is 29.9 Å². The van der Waals surface area contributed by atoms with Crippen molar-refractivity contribution in [2.45, 2.75) is 31.7 Å². The highest BCUT2D eigenvalue weighted by molar-refractivity contribution is 7.89. The monoisotopic (exact) mass is 282 g/mol. The van der Waals surface area contributed by atoms with Crippen LogP contribution in [0.25, 0.3) is 0 Å². The lowest BCUT2D eigenvalue weighted by Crippen LogP contribution is -2.42. The molecule has 1 aliphatic rings. The topological polar surface area (TPSA) is 63.4 Å². The van der Waals surface area contributed by atoms with Crippen molar-refractivity contribution in [3.8, 4) is 0 Å². The second kappa shape index (κ2) is 5.61. The van der Waals surface area contributed by atoms with Gasteiger partial charge in [0.2, 0.25) is 10.0 Å². The predicted octanol–water partition coefficient (Wildman–Crippen LogP) is 1.81. The van der Waals surface area contributed by atoms with Gasteiger partial charge in [-0.25, -0.2) is 8.42 Å². The van der Waals surface area contributed by atoms with Crippen LogP contribution in [0.1, 0.15) is 25.8 Å². The molecule has 2 unspecified atom stereocenters. The lowest BCUT2D eigenvalue weighted by molar-refractivity contribution is 0.222. The number of sulfonamides is 1. The van der Waals surface area contributed by atoms with Gasteiger partial charge in [-0.15, -0.1) is 0 Å². The molecular weight excluding hydrogens is 260 g/mol. The Kier molecular flexibility index (Phi) is 4.28. The second-order valence-electron chi connectivity index (χ2n) is 5.58. The van der Waals surface area contributed by atoms with E-state index in [0.717, 1.165) is 6.42 Å². The highest BCUT2D eigenvalue weighted by Crippen LogP contribution is 2.27. The fourth-order valence-corrected chi connectivity index (χ4v) is 4.78. The van der Waals surface area contributed by atoms with Gasteiger partial charge in [-0.3, -0.25) is 0 Å². The summed E-state index contributed by atoms with van der Waals surface area (Å²) in [6.45, 7) is 5.66. The molecular formula is C14H22N2O2S. The van der Waals surface area contributed by atoms with Crippen LogP contribution in [0.4, 0.5) is 0 Å². The molecule has 0 spiro atoms. The van der Waals surface area contributed by atoms with Crippen LogP contribution >= 0.6 is 0 Å². The van der Waals surface area contributed by atoms with E-state index in [0.29, 0.717) is 35.4 Å². The Bertz CT molecular complexity index is 532. The quantitative estimate of drug-likeness (QED) is 0.919. The van der Waals surface area contributed by atoms with Crippen LogP contribution in [0.2, 0.25) is 0 Å². The smallest absolute Gasteiger partial charge is 0.243 e. The Morgan fingerprint density at radius 1 is 1.21 bits per heavy atom. The highest BCUT2D eigenvalue weighted by Gasteiger charge is 2.32. The Morgan fingerprint density at radius 2 is 1.79 bits per heavy atom. The average Bonchev–Trinajstić information content (AvgIpc) is 2.37. The van der Waals surface area contributed by atoms with Gasteiger partial charge in [0.1, 0.15) is 0 Å². The van der Waals surface area contributed by atoms with Crippen LogP contribution in [-0.4, -0.2) is 25.8 Å². The predicted molar refractivity (Wildman–Crippen MR) is 76.0 cm³/mol. The summed E-state index contributed by atoms with van der Waals surface area (Å²) in [5, 5.41) is 0. The Morgan fingerprint density at radius 3 is 2.37 bits per heavy atom. The summed E-state index contributed by atoms with van der Waals surface area (Å²) in [6, 6.07) is 7.01. The van der Waals surface area contributed by atoms with E-state index in [9.17, 15) is 8.42 Å². The van der Waals surface area contributed by atoms with E-state index in [1.807, 2.05) is 6.07 Å². The first-order valence-electron chi connectivity index (χ1n) is 6.73. The normalized spacial score (nSPS) is 25.4. The van der Waals surface area contributed by atoms with Crippen LogP contribution in [0.15, 0.2) is 29.2 Å². The number of hydrogen-bond acceptors (Lipinski definition) is 3. The standard InChI is InChI=1S/C14H22N2O2S/c1-11-7-12(2)10-16(9-11)19(17,18)14-6-4-3-5-13(14)8-15/h3-6,11-12H,7-10,15H2,1-2H3. The van der Waals surface area contributed by atoms with E-state index < -0.39 is 10.0 Å². The molecule has 0 saturated carbocycles. The molecule has 1 aromatic rings. The van der Waals surface area contributed by atoms with Crippen molar-refractivity contribution < 1.29 is 8.42 Å². The van der Waals surface area contributed by atoms with Crippen LogP contribution in [0.3, 0.4) is 0 Å². The highest BCUT2D eigenvalue weighted by atomic mass is 32.2. The van der Waals surface area contributed by atoms with Gasteiger partial charge in [0, 0.05) is 19.6 Å². The number of rotatable bonds is 3. The lowest BCUT2D eigenvalue weighted by atomic mass is 9.94. The molecule has 1 heterocycles. The number of benzene rings is 1. The van der Waals surface area contributed by atoms with Gasteiger partial charge in [-0.2, -0.15) is 4.31 Å². The van der Waals surface area contributed by atoms with Gasteiger partial charge >= 0.3 is 0 Å². The largest absolute Gasteiger partial charge is 0.326 e. The summed E-state index contributed by atoms with van der Waals surface area (Å²) in [5.74, 6) is 0.812. The molecule has 2 atom stereocenters. The second-order valence-corrected chi connectivity index (χ2v) is 7.49. The zero-order valence-electron chi connectivity index (χ0n) is 11.5. The van der Waals surface area contributed by atoms with Crippen LogP contribution < -0.4 is 5.73 Å². The van der Waals surface area contributed by atoms with E-state index in [1.165, 1.54) is 0 Å². The van der Waals surface area contributed by atoms with Crippen molar-refractivity contribution >= 4 is 10.0 Å². The zero-order chi connectivity index (χ0) is 14.0. The number of nitrogens with zero attached hydrogens (tertiary/aromatic N) is 1. The minimum atomic E-state index is -3.42. The molecule has 0 bridgehead atoms. The SMILES string of the molecule is CC1CC(C)CN(S(=O)(=O)c2ccccc2CN)C1. The summed E-state index contributed by atoms with van der Waals surface area (Å²) in [7, 11) is -3.42. The fourth-order valence-electron chi connectivity index (χ4n) is 2.87. The molecule has 0 aromatic heterocycles. The number of hydrogen-bond donors (Lipinski definition) is 1. The van der Waals surface area contributed by atoms with Gasteiger partial charge in [0.25, 0.3) is 0 Å². The molecule has 5 heteroatoms. The van der Waals surface area contributed by atoms with Crippen molar-refractivity contribution in [1.29, 1.82) is 0 Å². The molecule has 0 amide bonds. The molecule has 1 saturated heterocycles. The number of piperidine rings is 1. The molecule has 4 nitrogen and oxygen atoms in total. The average molecular weight is 282 g/mol. The third-order valence-corrected chi connectivity index (χ3v) is 5.58. The molecule has 0 radical (unpaired) electrons. The molecule has 2 N–H and O–H groups in total.